The van der Waals surface area contributed by atoms with Gasteiger partial charge in [0.05, 0.1) is 11.1 Å². The Balaban J connectivity index is 1.92. The molecule has 0 aliphatic rings. The number of nitro benzene ring substituents is 1. The first-order valence-electron chi connectivity index (χ1n) is 6.50. The molecule has 116 valence electrons. The molecule has 23 heavy (non-hydrogen) atoms. The van der Waals surface area contributed by atoms with Gasteiger partial charge in [-0.3, -0.25) is 19.7 Å². The number of para-hydroxylation sites is 1. The van der Waals surface area contributed by atoms with Gasteiger partial charge >= 0.3 is 11.8 Å². The number of rotatable bonds is 4. The molecule has 0 aromatic heterocycles. The predicted molar refractivity (Wildman–Crippen MR) is 83.9 cm³/mol. The number of carbonyl (C=O) groups is 2. The third kappa shape index (κ3) is 4.74. The van der Waals surface area contributed by atoms with Crippen LogP contribution in [0.2, 0.25) is 0 Å². The zero-order chi connectivity index (χ0) is 16.7. The Morgan fingerprint density at radius 3 is 2.48 bits per heavy atom. The maximum atomic E-state index is 11.6. The number of anilines is 1. The fourth-order valence-corrected chi connectivity index (χ4v) is 1.64. The maximum Gasteiger partial charge on any atom is 0.329 e. The highest BCUT2D eigenvalue weighted by atomic mass is 16.6. The third-order valence-corrected chi connectivity index (χ3v) is 2.70. The lowest BCUT2D eigenvalue weighted by Gasteiger charge is -2.02. The van der Waals surface area contributed by atoms with E-state index in [0.717, 1.165) is 0 Å². The Hall–Kier alpha value is -3.55. The molecule has 2 amide bonds. The average molecular weight is 312 g/mol. The average Bonchev–Trinajstić information content (AvgIpc) is 2.56. The molecule has 0 atom stereocenters. The maximum absolute atomic E-state index is 11.6. The van der Waals surface area contributed by atoms with Gasteiger partial charge in [0, 0.05) is 23.4 Å². The van der Waals surface area contributed by atoms with Gasteiger partial charge in [0.15, 0.2) is 0 Å². The minimum absolute atomic E-state index is 0.0953. The minimum atomic E-state index is -0.949. The van der Waals surface area contributed by atoms with Gasteiger partial charge in [0.2, 0.25) is 0 Å². The van der Waals surface area contributed by atoms with Crippen LogP contribution in [0.25, 0.3) is 0 Å². The number of benzene rings is 2. The quantitative estimate of drug-likeness (QED) is 0.387. The summed E-state index contributed by atoms with van der Waals surface area (Å²) in [6, 6.07) is 14.2. The Morgan fingerprint density at radius 2 is 1.78 bits per heavy atom. The summed E-state index contributed by atoms with van der Waals surface area (Å²) in [5, 5.41) is 16.6. The summed E-state index contributed by atoms with van der Waals surface area (Å²) >= 11 is 0. The highest BCUT2D eigenvalue weighted by molar-refractivity contribution is 6.39. The van der Waals surface area contributed by atoms with Gasteiger partial charge in [-0.1, -0.05) is 30.3 Å². The zero-order valence-corrected chi connectivity index (χ0v) is 11.8. The van der Waals surface area contributed by atoms with Gasteiger partial charge in [-0.15, -0.1) is 0 Å². The lowest BCUT2D eigenvalue weighted by Crippen LogP contribution is -2.32. The molecule has 2 aromatic carbocycles. The van der Waals surface area contributed by atoms with E-state index in [1.807, 2.05) is 5.43 Å². The molecule has 0 unspecified atom stereocenters. The van der Waals surface area contributed by atoms with E-state index < -0.39 is 16.7 Å². The molecule has 0 heterocycles. The largest absolute Gasteiger partial charge is 0.329 e. The summed E-state index contributed by atoms with van der Waals surface area (Å²) in [4.78, 5) is 33.3. The van der Waals surface area contributed by atoms with Crippen LogP contribution >= 0.6 is 0 Å². The standard InChI is InChI=1S/C15H12N4O4/c20-14(17-12-6-2-1-3-7-12)15(21)18-16-10-11-5-4-8-13(9-11)19(22)23/h1-10H,(H,17,20)(H,18,21)/b16-10+. The van der Waals surface area contributed by atoms with Crippen LogP contribution in [-0.2, 0) is 9.59 Å². The molecule has 0 aliphatic heterocycles. The second kappa shape index (κ2) is 7.46. The monoisotopic (exact) mass is 312 g/mol. The van der Waals surface area contributed by atoms with E-state index in [-0.39, 0.29) is 5.69 Å². The van der Waals surface area contributed by atoms with E-state index in [4.69, 9.17) is 0 Å². The highest BCUT2D eigenvalue weighted by Crippen LogP contribution is 2.11. The summed E-state index contributed by atoms with van der Waals surface area (Å²) in [5.41, 5.74) is 2.85. The molecule has 8 nitrogen and oxygen atoms in total. The summed E-state index contributed by atoms with van der Waals surface area (Å²) in [5.74, 6) is -1.82. The molecule has 2 rings (SSSR count). The highest BCUT2D eigenvalue weighted by Gasteiger charge is 2.12. The van der Waals surface area contributed by atoms with Crippen LogP contribution < -0.4 is 10.7 Å². The number of amides is 2. The van der Waals surface area contributed by atoms with Crippen LogP contribution in [-0.4, -0.2) is 23.0 Å². The lowest BCUT2D eigenvalue weighted by molar-refractivity contribution is -0.384. The first-order valence-corrected chi connectivity index (χ1v) is 6.50. The van der Waals surface area contributed by atoms with Crippen molar-refractivity contribution in [3.63, 3.8) is 0 Å². The van der Waals surface area contributed by atoms with Crippen molar-refractivity contribution in [3.8, 4) is 0 Å². The molecule has 0 radical (unpaired) electrons. The Kier molecular flexibility index (Phi) is 5.13. The molecule has 0 fully saturated rings. The second-order valence-corrected chi connectivity index (χ2v) is 4.37. The first-order chi connectivity index (χ1) is 11.1. The first kappa shape index (κ1) is 15.8. The van der Waals surface area contributed by atoms with Gasteiger partial charge in [0.1, 0.15) is 0 Å². The fraction of sp³-hybridized carbons (Fsp3) is 0. The van der Waals surface area contributed by atoms with E-state index in [0.29, 0.717) is 11.3 Å². The smallest absolute Gasteiger partial charge is 0.318 e. The number of carbonyl (C=O) groups excluding carboxylic acids is 2. The van der Waals surface area contributed by atoms with Crippen LogP contribution in [0, 0.1) is 10.1 Å². The number of non-ortho nitro benzene ring substituents is 1. The summed E-state index contributed by atoms with van der Waals surface area (Å²) in [7, 11) is 0. The molecule has 0 spiro atoms. The van der Waals surface area contributed by atoms with E-state index in [2.05, 4.69) is 10.4 Å². The number of nitro groups is 1. The molecule has 2 aromatic rings. The van der Waals surface area contributed by atoms with Crippen molar-refractivity contribution in [1.29, 1.82) is 0 Å². The predicted octanol–water partition coefficient (Wildman–Crippen LogP) is 1.68. The summed E-state index contributed by atoms with van der Waals surface area (Å²) in [6.45, 7) is 0. The number of hydrazone groups is 1. The number of nitrogens with one attached hydrogen (secondary N) is 2. The summed E-state index contributed by atoms with van der Waals surface area (Å²) < 4.78 is 0. The van der Waals surface area contributed by atoms with Crippen LogP contribution in [0.3, 0.4) is 0 Å². The van der Waals surface area contributed by atoms with Crippen LogP contribution in [0.4, 0.5) is 11.4 Å². The third-order valence-electron chi connectivity index (χ3n) is 2.70. The van der Waals surface area contributed by atoms with E-state index >= 15 is 0 Å². The minimum Gasteiger partial charge on any atom is -0.318 e. The molecule has 2 N–H and O–H groups in total. The van der Waals surface area contributed by atoms with Crippen LogP contribution in [0.5, 0.6) is 0 Å². The Labute approximate surface area is 131 Å². The molecule has 0 saturated carbocycles. The number of nitrogens with zero attached hydrogens (tertiary/aromatic N) is 2. The summed E-state index contributed by atoms with van der Waals surface area (Å²) in [6.07, 6.45) is 1.21. The van der Waals surface area contributed by atoms with Crippen molar-refractivity contribution in [2.75, 3.05) is 5.32 Å². The molecule has 8 heteroatoms. The van der Waals surface area contributed by atoms with Gasteiger partial charge < -0.3 is 5.32 Å². The molecule has 0 bridgehead atoms. The SMILES string of the molecule is O=C(N/N=C/c1cccc([N+](=O)[O-])c1)C(=O)Nc1ccccc1. The Morgan fingerprint density at radius 1 is 1.04 bits per heavy atom. The normalized spacial score (nSPS) is 10.3. The van der Waals surface area contributed by atoms with Crippen LogP contribution in [0.1, 0.15) is 5.56 Å². The second-order valence-electron chi connectivity index (χ2n) is 4.37. The molecule has 0 aliphatic carbocycles. The van der Waals surface area contributed by atoms with Gasteiger partial charge in [-0.2, -0.15) is 5.10 Å². The fourth-order valence-electron chi connectivity index (χ4n) is 1.64. The van der Waals surface area contributed by atoms with Crippen molar-refractivity contribution in [2.24, 2.45) is 5.10 Å². The Bertz CT molecular complexity index is 759. The molecular formula is C15H12N4O4. The van der Waals surface area contributed by atoms with Crippen molar-refractivity contribution in [3.05, 3.63) is 70.3 Å². The lowest BCUT2D eigenvalue weighted by atomic mass is 10.2. The van der Waals surface area contributed by atoms with E-state index in [1.54, 1.807) is 36.4 Å². The van der Waals surface area contributed by atoms with Crippen molar-refractivity contribution < 1.29 is 14.5 Å². The van der Waals surface area contributed by atoms with Crippen LogP contribution in [0.15, 0.2) is 59.7 Å². The molecule has 0 saturated heterocycles. The number of hydrogen-bond donors (Lipinski definition) is 2. The van der Waals surface area contributed by atoms with Gasteiger partial charge in [0.25, 0.3) is 5.69 Å². The van der Waals surface area contributed by atoms with Gasteiger partial charge in [-0.05, 0) is 12.1 Å². The van der Waals surface area contributed by atoms with Crippen molar-refractivity contribution in [1.82, 2.24) is 5.43 Å². The topological polar surface area (TPSA) is 114 Å². The number of hydrogen-bond acceptors (Lipinski definition) is 5. The van der Waals surface area contributed by atoms with E-state index in [1.165, 1.54) is 24.4 Å². The van der Waals surface area contributed by atoms with E-state index in [9.17, 15) is 19.7 Å². The van der Waals surface area contributed by atoms with Gasteiger partial charge in [-0.25, -0.2) is 5.43 Å². The van der Waals surface area contributed by atoms with Crippen molar-refractivity contribution in [2.45, 2.75) is 0 Å². The van der Waals surface area contributed by atoms with Crippen molar-refractivity contribution >= 4 is 29.4 Å². The molecular weight excluding hydrogens is 300 g/mol. The zero-order valence-electron chi connectivity index (χ0n) is 11.8.